The van der Waals surface area contributed by atoms with Gasteiger partial charge in [-0.25, -0.2) is 9.37 Å². The fraction of sp³-hybridized carbons (Fsp3) is 0.320. The summed E-state index contributed by atoms with van der Waals surface area (Å²) in [6.45, 7) is 0.740. The molecule has 1 fully saturated rings. The Labute approximate surface area is 197 Å². The van der Waals surface area contributed by atoms with Crippen molar-refractivity contribution in [1.82, 2.24) is 14.9 Å². The Balaban J connectivity index is 1.58. The van der Waals surface area contributed by atoms with Crippen LogP contribution >= 0.6 is 11.6 Å². The average Bonchev–Trinajstić information content (AvgIpc) is 3.40. The molecule has 1 amide bonds. The van der Waals surface area contributed by atoms with Gasteiger partial charge in [-0.3, -0.25) is 9.78 Å². The SMILES string of the molecule is CN(C)C(=O)c1c(N)ccc(-c2cnc3c(c2Cl)[C@]2(CC[C@H](c4cccnc4)C2)CN3)c1F. The lowest BCUT2D eigenvalue weighted by atomic mass is 9.79. The molecule has 1 aromatic carbocycles. The molecule has 3 aromatic rings. The molecule has 0 saturated heterocycles. The summed E-state index contributed by atoms with van der Waals surface area (Å²) in [5.41, 5.74) is 8.55. The fourth-order valence-corrected chi connectivity index (χ4v) is 5.73. The summed E-state index contributed by atoms with van der Waals surface area (Å²) >= 11 is 6.97. The standard InChI is InChI=1S/C25H25ClFN5O/c1-32(2)24(33)19-18(28)6-5-16(22(19)27)17-12-30-23-20(21(17)26)25(13-31-23)8-7-14(10-25)15-4-3-9-29-11-15/h3-6,9,11-12,14H,7-8,10,13,28H2,1-2H3,(H,30,31)/t14-,25-/m0/s1. The van der Waals surface area contributed by atoms with Gasteiger partial charge >= 0.3 is 0 Å². The van der Waals surface area contributed by atoms with Crippen LogP contribution in [0.2, 0.25) is 5.02 Å². The van der Waals surface area contributed by atoms with Crippen molar-refractivity contribution in [2.24, 2.45) is 0 Å². The minimum atomic E-state index is -0.683. The zero-order chi connectivity index (χ0) is 23.3. The minimum absolute atomic E-state index is 0.0911. The van der Waals surface area contributed by atoms with Gasteiger partial charge in [-0.15, -0.1) is 0 Å². The molecule has 33 heavy (non-hydrogen) atoms. The van der Waals surface area contributed by atoms with Gasteiger partial charge in [-0.05, 0) is 48.9 Å². The third-order valence-corrected chi connectivity index (χ3v) is 7.38. The van der Waals surface area contributed by atoms with Gasteiger partial charge < -0.3 is 16.0 Å². The summed E-state index contributed by atoms with van der Waals surface area (Å²) in [5, 5.41) is 3.88. The fourth-order valence-electron chi connectivity index (χ4n) is 5.29. The molecule has 5 rings (SSSR count). The molecule has 2 atom stereocenters. The number of pyridine rings is 2. The van der Waals surface area contributed by atoms with Crippen molar-refractivity contribution in [2.45, 2.75) is 30.6 Å². The molecule has 3 N–H and O–H groups in total. The van der Waals surface area contributed by atoms with Crippen LogP contribution in [0.3, 0.4) is 0 Å². The van der Waals surface area contributed by atoms with Crippen molar-refractivity contribution in [3.05, 3.63) is 70.4 Å². The predicted molar refractivity (Wildman–Crippen MR) is 128 cm³/mol. The molecule has 1 aliphatic heterocycles. The summed E-state index contributed by atoms with van der Waals surface area (Å²) in [6, 6.07) is 7.18. The summed E-state index contributed by atoms with van der Waals surface area (Å²) < 4.78 is 15.6. The first-order chi connectivity index (χ1) is 15.8. The zero-order valence-electron chi connectivity index (χ0n) is 18.5. The van der Waals surface area contributed by atoms with E-state index in [9.17, 15) is 4.79 Å². The number of aromatic nitrogens is 2. The molecule has 2 aliphatic rings. The third-order valence-electron chi connectivity index (χ3n) is 6.99. The van der Waals surface area contributed by atoms with Crippen molar-refractivity contribution in [3.63, 3.8) is 0 Å². The molecule has 8 heteroatoms. The molecular weight excluding hydrogens is 441 g/mol. The molecule has 0 radical (unpaired) electrons. The van der Waals surface area contributed by atoms with E-state index in [2.05, 4.69) is 21.4 Å². The highest BCUT2D eigenvalue weighted by atomic mass is 35.5. The van der Waals surface area contributed by atoms with Crippen molar-refractivity contribution < 1.29 is 9.18 Å². The van der Waals surface area contributed by atoms with Crippen LogP contribution in [0.4, 0.5) is 15.9 Å². The number of nitrogens with one attached hydrogen (secondary N) is 1. The van der Waals surface area contributed by atoms with E-state index in [1.165, 1.54) is 10.5 Å². The Morgan fingerprint density at radius 2 is 2.09 bits per heavy atom. The first kappa shape index (κ1) is 21.6. The number of nitrogen functional groups attached to an aromatic ring is 1. The highest BCUT2D eigenvalue weighted by molar-refractivity contribution is 6.34. The lowest BCUT2D eigenvalue weighted by Gasteiger charge is -2.25. The van der Waals surface area contributed by atoms with Crippen LogP contribution in [0.1, 0.15) is 46.7 Å². The van der Waals surface area contributed by atoms with E-state index >= 15 is 4.39 Å². The molecule has 2 aromatic heterocycles. The normalized spacial score (nSPS) is 21.2. The van der Waals surface area contributed by atoms with E-state index in [1.807, 2.05) is 12.3 Å². The Kier molecular flexibility index (Phi) is 5.24. The summed E-state index contributed by atoms with van der Waals surface area (Å²) in [4.78, 5) is 22.7. The van der Waals surface area contributed by atoms with Crippen LogP contribution in [-0.2, 0) is 5.41 Å². The lowest BCUT2D eigenvalue weighted by molar-refractivity contribution is 0.0824. The van der Waals surface area contributed by atoms with E-state index in [4.69, 9.17) is 17.3 Å². The maximum absolute atomic E-state index is 15.6. The Morgan fingerprint density at radius 1 is 1.27 bits per heavy atom. The number of carbonyl (C=O) groups is 1. The molecular formula is C25H25ClFN5O. The number of halogens is 2. The first-order valence-corrected chi connectivity index (χ1v) is 11.3. The summed E-state index contributed by atoms with van der Waals surface area (Å²) in [7, 11) is 3.12. The molecule has 1 aliphatic carbocycles. The number of nitrogens with two attached hydrogens (primary N) is 1. The molecule has 1 saturated carbocycles. The monoisotopic (exact) mass is 465 g/mol. The minimum Gasteiger partial charge on any atom is -0.398 e. The molecule has 3 heterocycles. The van der Waals surface area contributed by atoms with Gasteiger partial charge in [-0.1, -0.05) is 17.7 Å². The van der Waals surface area contributed by atoms with Crippen LogP contribution < -0.4 is 11.1 Å². The second-order valence-corrected chi connectivity index (χ2v) is 9.54. The van der Waals surface area contributed by atoms with Gasteiger partial charge in [0.2, 0.25) is 0 Å². The van der Waals surface area contributed by atoms with Crippen molar-refractivity contribution in [1.29, 1.82) is 0 Å². The molecule has 0 unspecified atom stereocenters. The van der Waals surface area contributed by atoms with E-state index in [-0.39, 0.29) is 22.2 Å². The number of hydrogen-bond donors (Lipinski definition) is 2. The number of benzene rings is 1. The topological polar surface area (TPSA) is 84.1 Å². The van der Waals surface area contributed by atoms with E-state index in [0.717, 1.165) is 37.2 Å². The highest BCUT2D eigenvalue weighted by Crippen LogP contribution is 2.55. The number of nitrogens with zero attached hydrogens (tertiary/aromatic N) is 3. The number of amides is 1. The molecule has 170 valence electrons. The number of hydrogen-bond acceptors (Lipinski definition) is 5. The number of anilines is 2. The highest BCUT2D eigenvalue weighted by Gasteiger charge is 2.47. The van der Waals surface area contributed by atoms with E-state index in [1.54, 1.807) is 38.6 Å². The largest absolute Gasteiger partial charge is 0.398 e. The number of rotatable bonds is 3. The molecule has 0 bridgehead atoms. The molecule has 6 nitrogen and oxygen atoms in total. The van der Waals surface area contributed by atoms with Crippen molar-refractivity contribution in [2.75, 3.05) is 31.7 Å². The van der Waals surface area contributed by atoms with Gasteiger partial charge in [0.1, 0.15) is 11.6 Å². The van der Waals surface area contributed by atoms with Gasteiger partial charge in [0.15, 0.2) is 0 Å². The van der Waals surface area contributed by atoms with Gasteiger partial charge in [-0.2, -0.15) is 0 Å². The van der Waals surface area contributed by atoms with Crippen LogP contribution in [0.25, 0.3) is 11.1 Å². The smallest absolute Gasteiger partial charge is 0.258 e. The average molecular weight is 466 g/mol. The number of carbonyl (C=O) groups excluding carboxylic acids is 1. The second kappa shape index (κ2) is 7.99. The van der Waals surface area contributed by atoms with Crippen LogP contribution in [-0.4, -0.2) is 41.4 Å². The third kappa shape index (κ3) is 3.42. The maximum Gasteiger partial charge on any atom is 0.258 e. The van der Waals surface area contributed by atoms with E-state index in [0.29, 0.717) is 16.5 Å². The van der Waals surface area contributed by atoms with Gasteiger partial charge in [0.05, 0.1) is 10.6 Å². The number of fused-ring (bicyclic) bond motifs is 2. The quantitative estimate of drug-likeness (QED) is 0.540. The van der Waals surface area contributed by atoms with Gasteiger partial charge in [0, 0.05) is 67.0 Å². The maximum atomic E-state index is 15.6. The zero-order valence-corrected chi connectivity index (χ0v) is 19.3. The van der Waals surface area contributed by atoms with Gasteiger partial charge in [0.25, 0.3) is 5.91 Å². The van der Waals surface area contributed by atoms with Crippen LogP contribution in [0.15, 0.2) is 42.9 Å². The lowest BCUT2D eigenvalue weighted by Crippen LogP contribution is -2.25. The predicted octanol–water partition coefficient (Wildman–Crippen LogP) is 4.85. The summed E-state index contributed by atoms with van der Waals surface area (Å²) in [5.74, 6) is -0.0536. The Hall–Kier alpha value is -3.19. The Morgan fingerprint density at radius 3 is 2.82 bits per heavy atom. The van der Waals surface area contributed by atoms with Crippen LogP contribution in [0.5, 0.6) is 0 Å². The van der Waals surface area contributed by atoms with Crippen LogP contribution in [0, 0.1) is 5.82 Å². The van der Waals surface area contributed by atoms with Crippen molar-refractivity contribution in [3.8, 4) is 11.1 Å². The Bertz CT molecular complexity index is 1250. The second-order valence-electron chi connectivity index (χ2n) is 9.16. The first-order valence-electron chi connectivity index (χ1n) is 10.9. The summed E-state index contributed by atoms with van der Waals surface area (Å²) in [6.07, 6.45) is 8.16. The van der Waals surface area contributed by atoms with Crippen molar-refractivity contribution >= 4 is 29.0 Å². The van der Waals surface area contributed by atoms with E-state index < -0.39 is 11.7 Å². The molecule has 1 spiro atoms.